The van der Waals surface area contributed by atoms with Crippen LogP contribution in [0.3, 0.4) is 0 Å². The molecule has 0 amide bonds. The first-order chi connectivity index (χ1) is 13.5. The molecule has 1 aromatic carbocycles. The van der Waals surface area contributed by atoms with Gasteiger partial charge in [-0.05, 0) is 32.3 Å². The highest BCUT2D eigenvalue weighted by Gasteiger charge is 2.12. The highest BCUT2D eigenvalue weighted by Crippen LogP contribution is 2.28. The predicted octanol–water partition coefficient (Wildman–Crippen LogP) is 5.62. The fourth-order valence-electron chi connectivity index (χ4n) is 3.15. The number of guanidine groups is 1. The largest absolute Gasteiger partial charge is 0.369 e. The van der Waals surface area contributed by atoms with E-state index in [1.165, 1.54) is 50.5 Å². The van der Waals surface area contributed by atoms with Crippen molar-refractivity contribution < 1.29 is 0 Å². The maximum absolute atomic E-state index is 7.21. The van der Waals surface area contributed by atoms with Crippen molar-refractivity contribution in [2.75, 3.05) is 0 Å². The van der Waals surface area contributed by atoms with Crippen molar-refractivity contribution in [2.24, 2.45) is 10.8 Å². The van der Waals surface area contributed by atoms with Gasteiger partial charge in [-0.3, -0.25) is 5.41 Å². The van der Waals surface area contributed by atoms with Crippen molar-refractivity contribution in [3.8, 4) is 10.6 Å². The molecule has 2 rings (SSSR count). The summed E-state index contributed by atoms with van der Waals surface area (Å²) < 4.78 is 0. The molecule has 152 valence electrons. The lowest BCUT2D eigenvalue weighted by Crippen LogP contribution is -2.26. The van der Waals surface area contributed by atoms with Crippen LogP contribution in [0.4, 0.5) is 0 Å². The van der Waals surface area contributed by atoms with E-state index in [9.17, 15) is 0 Å². The number of nitrogens with two attached hydrogens (primary N) is 1. The predicted molar refractivity (Wildman–Crippen MR) is 121 cm³/mol. The molecule has 6 heteroatoms. The maximum atomic E-state index is 7.21. The lowest BCUT2D eigenvalue weighted by Gasteiger charge is -2.03. The summed E-state index contributed by atoms with van der Waals surface area (Å²) in [6.07, 6.45) is 10.6. The van der Waals surface area contributed by atoms with E-state index in [1.807, 2.05) is 13.8 Å². The van der Waals surface area contributed by atoms with Gasteiger partial charge in [0, 0.05) is 5.56 Å². The SMILES string of the molecule is CCCCCCCCCc1ccc(-c2nc(C)c(/C(C)=N/NC(=N)N)s2)cc1. The van der Waals surface area contributed by atoms with Crippen molar-refractivity contribution in [1.29, 1.82) is 5.41 Å². The lowest BCUT2D eigenvalue weighted by molar-refractivity contribution is 0.589. The van der Waals surface area contributed by atoms with Gasteiger partial charge in [-0.1, -0.05) is 69.7 Å². The van der Waals surface area contributed by atoms with Gasteiger partial charge in [-0.2, -0.15) is 5.10 Å². The minimum absolute atomic E-state index is 0.168. The topological polar surface area (TPSA) is 87.2 Å². The van der Waals surface area contributed by atoms with Crippen LogP contribution in [-0.4, -0.2) is 16.7 Å². The van der Waals surface area contributed by atoms with E-state index in [4.69, 9.17) is 16.1 Å². The van der Waals surface area contributed by atoms with Crippen LogP contribution in [0.25, 0.3) is 10.6 Å². The monoisotopic (exact) mass is 399 g/mol. The van der Waals surface area contributed by atoms with E-state index in [1.54, 1.807) is 11.3 Å². The second-order valence-electron chi connectivity index (χ2n) is 7.22. The van der Waals surface area contributed by atoms with Gasteiger partial charge in [-0.15, -0.1) is 11.3 Å². The summed E-state index contributed by atoms with van der Waals surface area (Å²) in [6, 6.07) is 8.78. The van der Waals surface area contributed by atoms with Crippen LogP contribution in [0, 0.1) is 12.3 Å². The van der Waals surface area contributed by atoms with Crippen LogP contribution >= 0.6 is 11.3 Å². The molecule has 4 N–H and O–H groups in total. The molecule has 0 spiro atoms. The minimum atomic E-state index is -0.168. The third-order valence-corrected chi connectivity index (χ3v) is 6.05. The van der Waals surface area contributed by atoms with Crippen molar-refractivity contribution in [1.82, 2.24) is 10.4 Å². The fourth-order valence-corrected chi connectivity index (χ4v) is 4.17. The van der Waals surface area contributed by atoms with Crippen LogP contribution in [0.5, 0.6) is 0 Å². The number of hydrogen-bond donors (Lipinski definition) is 3. The quantitative estimate of drug-likeness (QED) is 0.198. The van der Waals surface area contributed by atoms with Crippen LogP contribution in [0.1, 0.15) is 74.9 Å². The summed E-state index contributed by atoms with van der Waals surface area (Å²) >= 11 is 1.62. The Morgan fingerprint density at radius 1 is 1.11 bits per heavy atom. The Kier molecular flexibility index (Phi) is 9.14. The van der Waals surface area contributed by atoms with Gasteiger partial charge in [0.15, 0.2) is 0 Å². The zero-order valence-corrected chi connectivity index (χ0v) is 18.2. The molecule has 0 radical (unpaired) electrons. The molecule has 0 fully saturated rings. The third-order valence-electron chi connectivity index (χ3n) is 4.74. The molecule has 0 aliphatic carbocycles. The van der Waals surface area contributed by atoms with Gasteiger partial charge in [0.25, 0.3) is 0 Å². The number of nitrogens with one attached hydrogen (secondary N) is 2. The average molecular weight is 400 g/mol. The molecule has 0 unspecified atom stereocenters. The molecular weight excluding hydrogens is 366 g/mol. The van der Waals surface area contributed by atoms with E-state index in [0.29, 0.717) is 0 Å². The number of aryl methyl sites for hydroxylation is 2. The summed E-state index contributed by atoms with van der Waals surface area (Å²) in [7, 11) is 0. The van der Waals surface area contributed by atoms with Gasteiger partial charge >= 0.3 is 0 Å². The summed E-state index contributed by atoms with van der Waals surface area (Å²) in [4.78, 5) is 5.70. The van der Waals surface area contributed by atoms with E-state index >= 15 is 0 Å². The Hall–Kier alpha value is -2.21. The standard InChI is InChI=1S/C22H33N5S/c1-4-5-6-7-8-9-10-11-18-12-14-19(15-13-18)21-25-16(2)20(28-21)17(3)26-27-22(23)24/h12-15H,4-11H2,1-3H3,(H4,23,24,27)/b26-17+. The molecule has 5 nitrogen and oxygen atoms in total. The second-order valence-corrected chi connectivity index (χ2v) is 8.22. The Balaban J connectivity index is 1.90. The zero-order valence-electron chi connectivity index (χ0n) is 17.3. The highest BCUT2D eigenvalue weighted by atomic mass is 32.1. The van der Waals surface area contributed by atoms with E-state index < -0.39 is 0 Å². The van der Waals surface area contributed by atoms with E-state index in [2.05, 4.69) is 41.7 Å². The number of hydrogen-bond acceptors (Lipinski definition) is 4. The van der Waals surface area contributed by atoms with Crippen LogP contribution < -0.4 is 11.2 Å². The first kappa shape index (κ1) is 22.1. The summed E-state index contributed by atoms with van der Waals surface area (Å²) in [5, 5.41) is 12.3. The molecule has 0 aliphatic heterocycles. The van der Waals surface area contributed by atoms with Crippen LogP contribution in [0.15, 0.2) is 29.4 Å². The van der Waals surface area contributed by atoms with E-state index in [0.717, 1.165) is 33.3 Å². The molecule has 28 heavy (non-hydrogen) atoms. The van der Waals surface area contributed by atoms with Crippen molar-refractivity contribution >= 4 is 23.0 Å². The molecule has 1 aromatic heterocycles. The average Bonchev–Trinajstić information content (AvgIpc) is 3.07. The number of unbranched alkanes of at least 4 members (excludes halogenated alkanes) is 6. The summed E-state index contributed by atoms with van der Waals surface area (Å²) in [6.45, 7) is 6.14. The first-order valence-electron chi connectivity index (χ1n) is 10.2. The minimum Gasteiger partial charge on any atom is -0.369 e. The number of thiazole rings is 1. The highest BCUT2D eigenvalue weighted by molar-refractivity contribution is 7.17. The van der Waals surface area contributed by atoms with Gasteiger partial charge in [0.2, 0.25) is 5.96 Å². The molecule has 0 atom stereocenters. The van der Waals surface area contributed by atoms with Gasteiger partial charge in [-0.25, -0.2) is 10.4 Å². The molecule has 0 aliphatic rings. The fraction of sp³-hybridized carbons (Fsp3) is 0.500. The third kappa shape index (κ3) is 7.08. The van der Waals surface area contributed by atoms with Crippen molar-refractivity contribution in [2.45, 2.75) is 72.1 Å². The Labute approximate surface area is 173 Å². The Morgan fingerprint density at radius 3 is 2.39 bits per heavy atom. The van der Waals surface area contributed by atoms with E-state index in [-0.39, 0.29) is 5.96 Å². The molecular formula is C22H33N5S. The Morgan fingerprint density at radius 2 is 1.75 bits per heavy atom. The second kappa shape index (κ2) is 11.6. The molecule has 1 heterocycles. The number of aromatic nitrogens is 1. The summed E-state index contributed by atoms with van der Waals surface area (Å²) in [5.74, 6) is -0.168. The zero-order chi connectivity index (χ0) is 20.4. The van der Waals surface area contributed by atoms with Gasteiger partial charge in [0.05, 0.1) is 16.3 Å². The van der Waals surface area contributed by atoms with Gasteiger partial charge in [0.1, 0.15) is 5.01 Å². The molecule has 0 saturated heterocycles. The number of nitrogens with zero attached hydrogens (tertiary/aromatic N) is 2. The number of hydrazone groups is 1. The maximum Gasteiger partial charge on any atom is 0.206 e. The lowest BCUT2D eigenvalue weighted by atomic mass is 10.0. The number of rotatable bonds is 11. The van der Waals surface area contributed by atoms with Gasteiger partial charge < -0.3 is 5.73 Å². The van der Waals surface area contributed by atoms with Crippen LogP contribution in [-0.2, 0) is 6.42 Å². The Bertz CT molecular complexity index is 777. The number of benzene rings is 1. The smallest absolute Gasteiger partial charge is 0.206 e. The normalized spacial score (nSPS) is 11.6. The molecule has 0 saturated carbocycles. The van der Waals surface area contributed by atoms with Crippen LogP contribution in [0.2, 0.25) is 0 Å². The summed E-state index contributed by atoms with van der Waals surface area (Å²) in [5.41, 5.74) is 12.0. The molecule has 0 bridgehead atoms. The van der Waals surface area contributed by atoms with Crippen molar-refractivity contribution in [3.05, 3.63) is 40.4 Å². The van der Waals surface area contributed by atoms with Crippen molar-refractivity contribution in [3.63, 3.8) is 0 Å². The molecule has 2 aromatic rings. The first-order valence-corrected chi connectivity index (χ1v) is 11.0.